The maximum Gasteiger partial charge on any atom is 0.272 e. The first-order valence-electron chi connectivity index (χ1n) is 8.18. The standard InChI is InChI=1S/C17H22N4O3/c1-11-10-24-12(2)9-21(11)15(22)7-8-18-17(23)16-13-5-3-4-6-14(13)19-20-16/h3-6,11-12H,7-10H2,1-2H3,(H,18,23)(H,19,20)/t11-,12-/m0/s1. The van der Waals surface area contributed by atoms with E-state index < -0.39 is 0 Å². The molecule has 2 amide bonds. The Bertz CT molecular complexity index is 742. The molecule has 2 N–H and O–H groups in total. The van der Waals surface area contributed by atoms with Crippen molar-refractivity contribution in [1.29, 1.82) is 0 Å². The first-order chi connectivity index (χ1) is 11.6. The van der Waals surface area contributed by atoms with E-state index in [4.69, 9.17) is 4.74 Å². The van der Waals surface area contributed by atoms with Gasteiger partial charge in [0.1, 0.15) is 0 Å². The van der Waals surface area contributed by atoms with Crippen molar-refractivity contribution in [2.45, 2.75) is 32.4 Å². The Hall–Kier alpha value is -2.41. The highest BCUT2D eigenvalue weighted by Gasteiger charge is 2.27. The molecule has 2 atom stereocenters. The summed E-state index contributed by atoms with van der Waals surface area (Å²) in [5.74, 6) is -0.242. The maximum absolute atomic E-state index is 12.3. The Morgan fingerprint density at radius 1 is 1.38 bits per heavy atom. The third-order valence-electron chi connectivity index (χ3n) is 4.24. The molecule has 7 nitrogen and oxygen atoms in total. The van der Waals surface area contributed by atoms with Gasteiger partial charge in [0.25, 0.3) is 5.91 Å². The molecule has 7 heteroatoms. The lowest BCUT2D eigenvalue weighted by Gasteiger charge is -2.36. The number of rotatable bonds is 4. The second kappa shape index (κ2) is 7.00. The van der Waals surface area contributed by atoms with E-state index in [1.807, 2.05) is 43.0 Å². The fourth-order valence-corrected chi connectivity index (χ4v) is 2.90. The minimum absolute atomic E-state index is 0.0323. The predicted molar refractivity (Wildman–Crippen MR) is 89.6 cm³/mol. The Balaban J connectivity index is 1.54. The number of ether oxygens (including phenoxy) is 1. The molecule has 1 saturated heterocycles. The van der Waals surface area contributed by atoms with Crippen LogP contribution in [0.3, 0.4) is 0 Å². The number of H-pyrrole nitrogens is 1. The van der Waals surface area contributed by atoms with Crippen molar-refractivity contribution < 1.29 is 14.3 Å². The van der Waals surface area contributed by atoms with Gasteiger partial charge in [-0.15, -0.1) is 0 Å². The van der Waals surface area contributed by atoms with Crippen molar-refractivity contribution in [1.82, 2.24) is 20.4 Å². The maximum atomic E-state index is 12.3. The Morgan fingerprint density at radius 2 is 2.17 bits per heavy atom. The molecule has 0 bridgehead atoms. The number of benzene rings is 1. The predicted octanol–water partition coefficient (Wildman–Crippen LogP) is 1.32. The molecule has 3 rings (SSSR count). The number of hydrogen-bond acceptors (Lipinski definition) is 4. The van der Waals surface area contributed by atoms with Crippen LogP contribution in [0.5, 0.6) is 0 Å². The lowest BCUT2D eigenvalue weighted by Crippen LogP contribution is -2.50. The van der Waals surface area contributed by atoms with Crippen LogP contribution in [0, 0.1) is 0 Å². The van der Waals surface area contributed by atoms with Gasteiger partial charge in [-0.1, -0.05) is 18.2 Å². The highest BCUT2D eigenvalue weighted by Crippen LogP contribution is 2.15. The summed E-state index contributed by atoms with van der Waals surface area (Å²) in [4.78, 5) is 26.4. The first-order valence-corrected chi connectivity index (χ1v) is 8.18. The minimum atomic E-state index is -0.274. The van der Waals surface area contributed by atoms with Crippen LogP contribution in [-0.2, 0) is 9.53 Å². The molecule has 1 aromatic heterocycles. The third-order valence-corrected chi connectivity index (χ3v) is 4.24. The van der Waals surface area contributed by atoms with E-state index in [0.717, 1.165) is 10.9 Å². The van der Waals surface area contributed by atoms with Crippen LogP contribution in [0.2, 0.25) is 0 Å². The minimum Gasteiger partial charge on any atom is -0.375 e. The molecule has 1 aromatic carbocycles. The summed E-state index contributed by atoms with van der Waals surface area (Å²) < 4.78 is 5.53. The molecule has 0 radical (unpaired) electrons. The smallest absolute Gasteiger partial charge is 0.272 e. The van der Waals surface area contributed by atoms with E-state index in [9.17, 15) is 9.59 Å². The quantitative estimate of drug-likeness (QED) is 0.885. The van der Waals surface area contributed by atoms with Gasteiger partial charge in [0.15, 0.2) is 5.69 Å². The van der Waals surface area contributed by atoms with Crippen LogP contribution in [0.15, 0.2) is 24.3 Å². The average Bonchev–Trinajstić information content (AvgIpc) is 3.01. The lowest BCUT2D eigenvalue weighted by atomic mass is 10.2. The zero-order chi connectivity index (χ0) is 17.1. The molecule has 2 aromatic rings. The van der Waals surface area contributed by atoms with Crippen molar-refractivity contribution in [3.63, 3.8) is 0 Å². The van der Waals surface area contributed by atoms with Gasteiger partial charge in [-0.05, 0) is 19.9 Å². The van der Waals surface area contributed by atoms with E-state index in [1.54, 1.807) is 0 Å². The van der Waals surface area contributed by atoms with Crippen LogP contribution >= 0.6 is 0 Å². The number of morpholine rings is 1. The number of carbonyl (C=O) groups excluding carboxylic acids is 2. The Kier molecular flexibility index (Phi) is 4.80. The number of aromatic amines is 1. The molecule has 1 aliphatic rings. The van der Waals surface area contributed by atoms with Crippen LogP contribution < -0.4 is 5.32 Å². The zero-order valence-corrected chi connectivity index (χ0v) is 13.9. The molecule has 0 aliphatic carbocycles. The van der Waals surface area contributed by atoms with Gasteiger partial charge in [0.2, 0.25) is 5.91 Å². The molecule has 24 heavy (non-hydrogen) atoms. The van der Waals surface area contributed by atoms with Gasteiger partial charge in [-0.3, -0.25) is 14.7 Å². The SMILES string of the molecule is C[C@H]1CN(C(=O)CCNC(=O)c2n[nH]c3ccccc23)[C@@H](C)CO1. The van der Waals surface area contributed by atoms with Crippen LogP contribution in [-0.4, -0.2) is 58.8 Å². The number of amides is 2. The van der Waals surface area contributed by atoms with E-state index in [-0.39, 0.29) is 36.9 Å². The second-order valence-corrected chi connectivity index (χ2v) is 6.16. The van der Waals surface area contributed by atoms with Gasteiger partial charge < -0.3 is 15.0 Å². The number of hydrogen-bond donors (Lipinski definition) is 2. The van der Waals surface area contributed by atoms with Gasteiger partial charge in [0.05, 0.1) is 24.3 Å². The summed E-state index contributed by atoms with van der Waals surface area (Å²) in [5, 5.41) is 10.4. The molecular formula is C17H22N4O3. The summed E-state index contributed by atoms with van der Waals surface area (Å²) in [6.07, 6.45) is 0.320. The number of fused-ring (bicyclic) bond motifs is 1. The Morgan fingerprint density at radius 3 is 3.00 bits per heavy atom. The fraction of sp³-hybridized carbons (Fsp3) is 0.471. The van der Waals surface area contributed by atoms with E-state index in [0.29, 0.717) is 18.8 Å². The molecule has 0 spiro atoms. The highest BCUT2D eigenvalue weighted by atomic mass is 16.5. The molecule has 2 heterocycles. The fourth-order valence-electron chi connectivity index (χ4n) is 2.90. The molecular weight excluding hydrogens is 308 g/mol. The van der Waals surface area contributed by atoms with Crippen molar-refractivity contribution in [2.75, 3.05) is 19.7 Å². The summed E-state index contributed by atoms with van der Waals surface area (Å²) in [7, 11) is 0. The van der Waals surface area contributed by atoms with Crippen molar-refractivity contribution >= 4 is 22.7 Å². The van der Waals surface area contributed by atoms with Crippen LogP contribution in [0.1, 0.15) is 30.8 Å². The number of aromatic nitrogens is 2. The largest absolute Gasteiger partial charge is 0.375 e. The van der Waals surface area contributed by atoms with Crippen molar-refractivity contribution in [3.8, 4) is 0 Å². The number of carbonyl (C=O) groups is 2. The third kappa shape index (κ3) is 3.41. The average molecular weight is 330 g/mol. The summed E-state index contributed by atoms with van der Waals surface area (Å²) in [6, 6.07) is 7.52. The van der Waals surface area contributed by atoms with Crippen molar-refractivity contribution in [3.05, 3.63) is 30.0 Å². The molecule has 0 saturated carbocycles. The van der Waals surface area contributed by atoms with Crippen molar-refractivity contribution in [2.24, 2.45) is 0 Å². The molecule has 0 unspecified atom stereocenters. The van der Waals surface area contributed by atoms with E-state index >= 15 is 0 Å². The molecule has 1 aliphatic heterocycles. The van der Waals surface area contributed by atoms with Gasteiger partial charge in [0, 0.05) is 24.9 Å². The summed E-state index contributed by atoms with van der Waals surface area (Å²) >= 11 is 0. The topological polar surface area (TPSA) is 87.3 Å². The summed E-state index contributed by atoms with van der Waals surface area (Å²) in [6.45, 7) is 5.36. The number of nitrogens with one attached hydrogen (secondary N) is 2. The molecule has 1 fully saturated rings. The van der Waals surface area contributed by atoms with E-state index in [1.165, 1.54) is 0 Å². The number of para-hydroxylation sites is 1. The normalized spacial score (nSPS) is 21.0. The van der Waals surface area contributed by atoms with Gasteiger partial charge in [-0.25, -0.2) is 0 Å². The number of nitrogens with zero attached hydrogens (tertiary/aromatic N) is 2. The first kappa shape index (κ1) is 16.4. The summed E-state index contributed by atoms with van der Waals surface area (Å²) in [5.41, 5.74) is 1.17. The van der Waals surface area contributed by atoms with Gasteiger partial charge >= 0.3 is 0 Å². The zero-order valence-electron chi connectivity index (χ0n) is 13.9. The molecule has 128 valence electrons. The van der Waals surface area contributed by atoms with Gasteiger partial charge in [-0.2, -0.15) is 5.10 Å². The lowest BCUT2D eigenvalue weighted by molar-refractivity contribution is -0.143. The van der Waals surface area contributed by atoms with E-state index in [2.05, 4.69) is 15.5 Å². The monoisotopic (exact) mass is 330 g/mol. The second-order valence-electron chi connectivity index (χ2n) is 6.16. The van der Waals surface area contributed by atoms with Crippen LogP contribution in [0.25, 0.3) is 10.9 Å². The highest BCUT2D eigenvalue weighted by molar-refractivity contribution is 6.04. The Labute approximate surface area is 140 Å². The van der Waals surface area contributed by atoms with Crippen LogP contribution in [0.4, 0.5) is 0 Å².